The Morgan fingerprint density at radius 1 is 1.06 bits per heavy atom. The zero-order chi connectivity index (χ0) is 24.6. The monoisotopic (exact) mass is 481 g/mol. The van der Waals surface area contributed by atoms with Crippen LogP contribution in [-0.2, 0) is 17.8 Å². The summed E-state index contributed by atoms with van der Waals surface area (Å²) in [6.45, 7) is 5.42. The van der Waals surface area contributed by atoms with Crippen molar-refractivity contribution in [2.24, 2.45) is 0 Å². The first kappa shape index (κ1) is 24.7. The van der Waals surface area contributed by atoms with Crippen LogP contribution in [0.1, 0.15) is 11.1 Å². The van der Waals surface area contributed by atoms with Crippen molar-refractivity contribution in [3.63, 3.8) is 0 Å². The summed E-state index contributed by atoms with van der Waals surface area (Å²) in [5, 5.41) is 2.77. The van der Waals surface area contributed by atoms with E-state index < -0.39 is 5.95 Å². The molecule has 0 unspecified atom stereocenters. The smallest absolute Gasteiger partial charge is 0.319 e. The van der Waals surface area contributed by atoms with Gasteiger partial charge in [0.15, 0.2) is 0 Å². The lowest BCUT2D eigenvalue weighted by Crippen LogP contribution is -2.45. The van der Waals surface area contributed by atoms with Gasteiger partial charge in [0.25, 0.3) is 0 Å². The highest BCUT2D eigenvalue weighted by molar-refractivity contribution is 5.78. The average Bonchev–Trinajstić information content (AvgIpc) is 2.85. The van der Waals surface area contributed by atoms with Crippen molar-refractivity contribution in [3.05, 3.63) is 77.6 Å². The number of nitrogens with one attached hydrogen (secondary N) is 1. The normalized spacial score (nSPS) is 14.6. The van der Waals surface area contributed by atoms with Crippen LogP contribution in [0.4, 0.5) is 8.78 Å². The number of carbonyl (C=O) groups excluding carboxylic acids is 1. The van der Waals surface area contributed by atoms with Gasteiger partial charge in [-0.1, -0.05) is 36.4 Å². The summed E-state index contributed by atoms with van der Waals surface area (Å²) in [5.41, 5.74) is 2.33. The number of hydrogen-bond acceptors (Lipinski definition) is 6. The molecule has 0 atom stereocenters. The Kier molecular flexibility index (Phi) is 8.33. The lowest BCUT2D eigenvalue weighted by molar-refractivity contribution is -0.120. The molecular weight excluding hydrogens is 452 g/mol. The zero-order valence-corrected chi connectivity index (χ0v) is 19.7. The van der Waals surface area contributed by atoms with Crippen molar-refractivity contribution in [3.8, 4) is 17.1 Å². The van der Waals surface area contributed by atoms with Crippen molar-refractivity contribution in [1.82, 2.24) is 25.1 Å². The highest BCUT2D eigenvalue weighted by atomic mass is 19.1. The van der Waals surface area contributed by atoms with E-state index in [1.165, 1.54) is 18.3 Å². The molecule has 2 heterocycles. The quantitative estimate of drug-likeness (QED) is 0.474. The predicted octanol–water partition coefficient (Wildman–Crippen LogP) is 2.91. The number of carbonyl (C=O) groups is 1. The Morgan fingerprint density at radius 2 is 1.83 bits per heavy atom. The molecular formula is C26H29F2N5O2. The number of piperazine rings is 1. The molecule has 1 N–H and O–H groups in total. The average molecular weight is 482 g/mol. The lowest BCUT2D eigenvalue weighted by atomic mass is 10.0. The van der Waals surface area contributed by atoms with Gasteiger partial charge in [0.2, 0.25) is 11.9 Å². The van der Waals surface area contributed by atoms with Gasteiger partial charge in [0, 0.05) is 45.5 Å². The van der Waals surface area contributed by atoms with Gasteiger partial charge in [-0.25, -0.2) is 9.37 Å². The van der Waals surface area contributed by atoms with E-state index in [9.17, 15) is 13.6 Å². The van der Waals surface area contributed by atoms with Gasteiger partial charge in [0.05, 0.1) is 12.0 Å². The molecule has 1 aliphatic heterocycles. The Labute approximate surface area is 203 Å². The van der Waals surface area contributed by atoms with E-state index in [2.05, 4.69) is 32.1 Å². The van der Waals surface area contributed by atoms with Crippen molar-refractivity contribution in [1.29, 1.82) is 0 Å². The zero-order valence-electron chi connectivity index (χ0n) is 19.7. The largest absolute Gasteiger partial charge is 0.462 e. The van der Waals surface area contributed by atoms with Gasteiger partial charge in [-0.2, -0.15) is 9.37 Å². The second-order valence-corrected chi connectivity index (χ2v) is 8.63. The fourth-order valence-electron chi connectivity index (χ4n) is 3.84. The van der Waals surface area contributed by atoms with Crippen LogP contribution in [0.2, 0.25) is 0 Å². The van der Waals surface area contributed by atoms with Crippen LogP contribution in [0, 0.1) is 11.8 Å². The van der Waals surface area contributed by atoms with Gasteiger partial charge < -0.3 is 15.0 Å². The molecule has 1 aromatic heterocycles. The van der Waals surface area contributed by atoms with Crippen molar-refractivity contribution in [2.45, 2.75) is 13.0 Å². The molecule has 0 bridgehead atoms. The molecule has 35 heavy (non-hydrogen) atoms. The predicted molar refractivity (Wildman–Crippen MR) is 129 cm³/mol. The fourth-order valence-corrected chi connectivity index (χ4v) is 3.84. The Hall–Kier alpha value is -3.43. The molecule has 2 aromatic carbocycles. The molecule has 1 aliphatic rings. The standard InChI is InChI=1S/C26H29F2N5O2/c1-32-9-11-33(12-10-32)13-14-35-26-30-18-23(25(28)31-26)21-7-5-19(6-8-21)16-24(34)29-17-20-3-2-4-22(27)15-20/h2-8,15,18H,9-14,16-17H2,1H3,(H,29,34). The number of rotatable bonds is 9. The molecule has 0 spiro atoms. The van der Waals surface area contributed by atoms with Crippen LogP contribution >= 0.6 is 0 Å². The van der Waals surface area contributed by atoms with Gasteiger partial charge in [-0.15, -0.1) is 0 Å². The van der Waals surface area contributed by atoms with Crippen LogP contribution in [0.3, 0.4) is 0 Å². The molecule has 184 valence electrons. The van der Waals surface area contributed by atoms with E-state index in [4.69, 9.17) is 4.74 Å². The molecule has 0 saturated carbocycles. The topological polar surface area (TPSA) is 70.6 Å². The fraction of sp³-hybridized carbons (Fsp3) is 0.346. The number of hydrogen-bond donors (Lipinski definition) is 1. The van der Waals surface area contributed by atoms with Crippen LogP contribution in [0.15, 0.2) is 54.7 Å². The summed E-state index contributed by atoms with van der Waals surface area (Å²) in [6, 6.07) is 13.1. The number of benzene rings is 2. The first-order valence-electron chi connectivity index (χ1n) is 11.6. The molecule has 7 nitrogen and oxygen atoms in total. The minimum absolute atomic E-state index is 0.0203. The number of likely N-dealkylation sites (N-methyl/N-ethyl adjacent to an activating group) is 1. The van der Waals surface area contributed by atoms with Crippen molar-refractivity contribution < 1.29 is 18.3 Å². The Balaban J connectivity index is 1.26. The van der Waals surface area contributed by atoms with Crippen LogP contribution in [-0.4, -0.2) is 72.1 Å². The molecule has 9 heteroatoms. The third-order valence-corrected chi connectivity index (χ3v) is 5.96. The summed E-state index contributed by atoms with van der Waals surface area (Å²) in [4.78, 5) is 24.8. The molecule has 4 rings (SSSR count). The lowest BCUT2D eigenvalue weighted by Gasteiger charge is -2.31. The van der Waals surface area contributed by atoms with Crippen LogP contribution in [0.5, 0.6) is 6.01 Å². The first-order valence-corrected chi connectivity index (χ1v) is 11.6. The SMILES string of the molecule is CN1CCN(CCOc2ncc(-c3ccc(CC(=O)NCc4cccc(F)c4)cc3)c(F)n2)CC1. The number of ether oxygens (including phenoxy) is 1. The van der Waals surface area contributed by atoms with Crippen molar-refractivity contribution >= 4 is 5.91 Å². The summed E-state index contributed by atoms with van der Waals surface area (Å²) in [5.74, 6) is -1.18. The number of amides is 1. The number of aromatic nitrogens is 2. The summed E-state index contributed by atoms with van der Waals surface area (Å²) in [6.07, 6.45) is 1.57. The van der Waals surface area contributed by atoms with Gasteiger partial charge in [-0.05, 0) is 35.9 Å². The highest BCUT2D eigenvalue weighted by Gasteiger charge is 2.14. The second kappa shape index (κ2) is 11.8. The minimum atomic E-state index is -0.657. The third kappa shape index (κ3) is 7.27. The molecule has 0 radical (unpaired) electrons. The van der Waals surface area contributed by atoms with Gasteiger partial charge in [0.1, 0.15) is 12.4 Å². The molecule has 1 amide bonds. The Morgan fingerprint density at radius 3 is 2.54 bits per heavy atom. The highest BCUT2D eigenvalue weighted by Crippen LogP contribution is 2.23. The van der Waals surface area contributed by atoms with E-state index in [0.717, 1.165) is 38.3 Å². The Bertz CT molecular complexity index is 1130. The summed E-state index contributed by atoms with van der Waals surface area (Å²) in [7, 11) is 2.10. The molecule has 1 saturated heterocycles. The maximum absolute atomic E-state index is 14.6. The maximum atomic E-state index is 14.6. The van der Waals surface area contributed by atoms with E-state index in [-0.39, 0.29) is 36.3 Å². The first-order chi connectivity index (χ1) is 17.0. The van der Waals surface area contributed by atoms with Gasteiger partial charge in [-0.3, -0.25) is 9.69 Å². The molecule has 3 aromatic rings. The van der Waals surface area contributed by atoms with E-state index in [1.807, 2.05) is 0 Å². The number of halogens is 2. The van der Waals surface area contributed by atoms with Gasteiger partial charge >= 0.3 is 6.01 Å². The number of nitrogens with zero attached hydrogens (tertiary/aromatic N) is 4. The summed E-state index contributed by atoms with van der Waals surface area (Å²) < 4.78 is 33.4. The maximum Gasteiger partial charge on any atom is 0.319 e. The van der Waals surface area contributed by atoms with E-state index >= 15 is 0 Å². The second-order valence-electron chi connectivity index (χ2n) is 8.63. The van der Waals surface area contributed by atoms with E-state index in [1.54, 1.807) is 36.4 Å². The van der Waals surface area contributed by atoms with Crippen LogP contribution in [0.25, 0.3) is 11.1 Å². The minimum Gasteiger partial charge on any atom is -0.462 e. The third-order valence-electron chi connectivity index (χ3n) is 5.96. The van der Waals surface area contributed by atoms with Crippen LogP contribution < -0.4 is 10.1 Å². The molecule has 0 aliphatic carbocycles. The van der Waals surface area contributed by atoms with E-state index in [0.29, 0.717) is 17.7 Å². The van der Waals surface area contributed by atoms with Crippen molar-refractivity contribution in [2.75, 3.05) is 46.4 Å². The summed E-state index contributed by atoms with van der Waals surface area (Å²) >= 11 is 0. The molecule has 1 fully saturated rings.